The molecule has 0 atom stereocenters. The van der Waals surface area contributed by atoms with Gasteiger partial charge in [0.15, 0.2) is 5.82 Å². The molecule has 7 heteroatoms. The SMILES string of the molecule is CC(=O)Oc1cc(O)ccc1-c1ccc(-c2cc(Nc3ccc(CNC4CC4)cc3)n[nH]2)cc1. The second-order valence-electron chi connectivity index (χ2n) is 8.50. The van der Waals surface area contributed by atoms with Crippen LogP contribution in [0.5, 0.6) is 11.5 Å². The summed E-state index contributed by atoms with van der Waals surface area (Å²) in [6.45, 7) is 2.24. The first-order valence-corrected chi connectivity index (χ1v) is 11.3. The number of carbonyl (C=O) groups is 1. The molecule has 34 heavy (non-hydrogen) atoms. The number of anilines is 2. The lowest BCUT2D eigenvalue weighted by molar-refractivity contribution is -0.131. The van der Waals surface area contributed by atoms with Crippen molar-refractivity contribution in [3.8, 4) is 33.9 Å². The average Bonchev–Trinajstić information content (AvgIpc) is 3.55. The Hall–Kier alpha value is -4.10. The van der Waals surface area contributed by atoms with E-state index in [1.165, 1.54) is 31.4 Å². The highest BCUT2D eigenvalue weighted by Crippen LogP contribution is 2.34. The maximum Gasteiger partial charge on any atom is 0.308 e. The quantitative estimate of drug-likeness (QED) is 0.211. The standard InChI is InChI=1S/C27H26N4O3/c1-17(32)34-26-14-23(33)12-13-24(26)19-4-6-20(7-5-19)25-15-27(31-30-25)29-22-8-2-18(3-9-22)16-28-21-10-11-21/h2-9,12-15,21,28,33H,10-11,16H2,1H3,(H2,29,30,31). The molecule has 0 spiro atoms. The second kappa shape index (κ2) is 9.41. The first-order valence-electron chi connectivity index (χ1n) is 11.3. The minimum Gasteiger partial charge on any atom is -0.508 e. The van der Waals surface area contributed by atoms with Crippen LogP contribution in [0.15, 0.2) is 72.8 Å². The molecule has 0 saturated heterocycles. The summed E-state index contributed by atoms with van der Waals surface area (Å²) >= 11 is 0. The summed E-state index contributed by atoms with van der Waals surface area (Å²) in [5, 5.41) is 24.1. The van der Waals surface area contributed by atoms with Gasteiger partial charge in [-0.3, -0.25) is 9.89 Å². The van der Waals surface area contributed by atoms with E-state index < -0.39 is 5.97 Å². The van der Waals surface area contributed by atoms with Gasteiger partial charge in [-0.2, -0.15) is 5.10 Å². The van der Waals surface area contributed by atoms with Crippen LogP contribution in [0.2, 0.25) is 0 Å². The number of benzene rings is 3. The lowest BCUT2D eigenvalue weighted by Crippen LogP contribution is -2.15. The van der Waals surface area contributed by atoms with Crippen LogP contribution < -0.4 is 15.4 Å². The molecule has 1 saturated carbocycles. The summed E-state index contributed by atoms with van der Waals surface area (Å²) in [7, 11) is 0. The van der Waals surface area contributed by atoms with Crippen molar-refractivity contribution in [2.45, 2.75) is 32.4 Å². The van der Waals surface area contributed by atoms with Crippen molar-refractivity contribution in [2.24, 2.45) is 0 Å². The van der Waals surface area contributed by atoms with Gasteiger partial charge >= 0.3 is 5.97 Å². The third-order valence-electron chi connectivity index (χ3n) is 5.70. The third-order valence-corrected chi connectivity index (χ3v) is 5.70. The molecule has 1 aromatic heterocycles. The van der Waals surface area contributed by atoms with E-state index in [2.05, 4.69) is 45.1 Å². The van der Waals surface area contributed by atoms with E-state index in [9.17, 15) is 9.90 Å². The van der Waals surface area contributed by atoms with Crippen LogP contribution in [0, 0.1) is 0 Å². The number of esters is 1. The van der Waals surface area contributed by atoms with Crippen molar-refractivity contribution in [1.82, 2.24) is 15.5 Å². The van der Waals surface area contributed by atoms with E-state index in [0.717, 1.165) is 40.4 Å². The molecule has 5 rings (SSSR count). The highest BCUT2D eigenvalue weighted by molar-refractivity contribution is 5.78. The number of phenols is 1. The second-order valence-corrected chi connectivity index (χ2v) is 8.50. The lowest BCUT2D eigenvalue weighted by Gasteiger charge is -2.10. The Morgan fingerprint density at radius 3 is 2.47 bits per heavy atom. The number of phenolic OH excluding ortho intramolecular Hbond substituents is 1. The molecule has 0 radical (unpaired) electrons. The zero-order valence-corrected chi connectivity index (χ0v) is 18.8. The van der Waals surface area contributed by atoms with Crippen LogP contribution >= 0.6 is 0 Å². The maximum atomic E-state index is 11.4. The predicted octanol–water partition coefficient (Wildman–Crippen LogP) is 5.37. The van der Waals surface area contributed by atoms with Crippen LogP contribution in [-0.2, 0) is 11.3 Å². The van der Waals surface area contributed by atoms with Gasteiger partial charge in [-0.1, -0.05) is 36.4 Å². The van der Waals surface area contributed by atoms with Gasteiger partial charge in [-0.25, -0.2) is 0 Å². The molecule has 4 N–H and O–H groups in total. The lowest BCUT2D eigenvalue weighted by atomic mass is 10.0. The van der Waals surface area contributed by atoms with E-state index in [4.69, 9.17) is 4.74 Å². The number of hydrogen-bond acceptors (Lipinski definition) is 6. The molecule has 1 fully saturated rings. The summed E-state index contributed by atoms with van der Waals surface area (Å²) in [6.07, 6.45) is 2.58. The molecular weight excluding hydrogens is 428 g/mol. The number of hydrogen-bond donors (Lipinski definition) is 4. The number of ether oxygens (including phenoxy) is 1. The largest absolute Gasteiger partial charge is 0.508 e. The smallest absolute Gasteiger partial charge is 0.308 e. The zero-order valence-electron chi connectivity index (χ0n) is 18.8. The van der Waals surface area contributed by atoms with Crippen molar-refractivity contribution in [3.63, 3.8) is 0 Å². The van der Waals surface area contributed by atoms with Crippen molar-refractivity contribution in [1.29, 1.82) is 0 Å². The Morgan fingerprint density at radius 1 is 1.03 bits per heavy atom. The van der Waals surface area contributed by atoms with Gasteiger partial charge in [0.05, 0.1) is 5.69 Å². The first-order chi connectivity index (χ1) is 16.5. The Kier molecular flexibility index (Phi) is 6.01. The number of rotatable bonds is 8. The van der Waals surface area contributed by atoms with E-state index >= 15 is 0 Å². The highest BCUT2D eigenvalue weighted by atomic mass is 16.5. The van der Waals surface area contributed by atoms with Crippen molar-refractivity contribution in [2.75, 3.05) is 5.32 Å². The molecule has 1 heterocycles. The van der Waals surface area contributed by atoms with E-state index in [1.54, 1.807) is 12.1 Å². The molecule has 0 bridgehead atoms. The molecule has 1 aliphatic carbocycles. The molecule has 0 unspecified atom stereocenters. The molecule has 3 aromatic carbocycles. The minimum absolute atomic E-state index is 0.0404. The zero-order chi connectivity index (χ0) is 23.5. The number of nitrogens with zero attached hydrogens (tertiary/aromatic N) is 1. The average molecular weight is 455 g/mol. The molecule has 1 aliphatic rings. The fraction of sp³-hybridized carbons (Fsp3) is 0.185. The van der Waals surface area contributed by atoms with Crippen LogP contribution in [0.4, 0.5) is 11.5 Å². The number of H-pyrrole nitrogens is 1. The number of aromatic nitrogens is 2. The summed E-state index contributed by atoms with van der Waals surface area (Å²) in [5.41, 5.74) is 5.69. The van der Waals surface area contributed by atoms with Gasteiger partial charge in [-0.15, -0.1) is 0 Å². The fourth-order valence-corrected chi connectivity index (χ4v) is 3.76. The number of nitrogens with one attached hydrogen (secondary N) is 3. The molecule has 0 amide bonds. The van der Waals surface area contributed by atoms with E-state index in [-0.39, 0.29) is 5.75 Å². The van der Waals surface area contributed by atoms with Gasteiger partial charge in [0.2, 0.25) is 0 Å². The molecule has 172 valence electrons. The van der Waals surface area contributed by atoms with E-state index in [0.29, 0.717) is 11.8 Å². The Balaban J connectivity index is 1.27. The van der Waals surface area contributed by atoms with Crippen molar-refractivity contribution >= 4 is 17.5 Å². The van der Waals surface area contributed by atoms with E-state index in [1.807, 2.05) is 30.3 Å². The number of aromatic hydroxyl groups is 1. The summed E-state index contributed by atoms with van der Waals surface area (Å²) < 4.78 is 5.26. The van der Waals surface area contributed by atoms with Crippen LogP contribution in [0.25, 0.3) is 22.4 Å². The molecular formula is C27H26N4O3. The number of carbonyl (C=O) groups excluding carboxylic acids is 1. The van der Waals surface area contributed by atoms with Gasteiger partial charge < -0.3 is 20.5 Å². The van der Waals surface area contributed by atoms with Crippen LogP contribution in [-0.4, -0.2) is 27.3 Å². The maximum absolute atomic E-state index is 11.4. The third kappa shape index (κ3) is 5.27. The van der Waals surface area contributed by atoms with Crippen molar-refractivity contribution < 1.29 is 14.6 Å². The van der Waals surface area contributed by atoms with Gasteiger partial charge in [0.1, 0.15) is 11.5 Å². The summed E-state index contributed by atoms with van der Waals surface area (Å²) in [4.78, 5) is 11.4. The molecule has 4 aromatic rings. The van der Waals surface area contributed by atoms with Gasteiger partial charge in [0, 0.05) is 42.9 Å². The topological polar surface area (TPSA) is 99.3 Å². The van der Waals surface area contributed by atoms with Gasteiger partial charge in [0.25, 0.3) is 0 Å². The predicted molar refractivity (Wildman–Crippen MR) is 132 cm³/mol. The monoisotopic (exact) mass is 454 g/mol. The molecule has 0 aliphatic heterocycles. The summed E-state index contributed by atoms with van der Waals surface area (Å²) in [5.74, 6) is 0.658. The van der Waals surface area contributed by atoms with Crippen LogP contribution in [0.1, 0.15) is 25.3 Å². The van der Waals surface area contributed by atoms with Crippen LogP contribution in [0.3, 0.4) is 0 Å². The first kappa shape index (κ1) is 21.7. The minimum atomic E-state index is -0.439. The molecule has 7 nitrogen and oxygen atoms in total. The summed E-state index contributed by atoms with van der Waals surface area (Å²) in [6, 6.07) is 23.6. The number of aromatic amines is 1. The van der Waals surface area contributed by atoms with Gasteiger partial charge in [-0.05, 0) is 53.8 Å². The Labute approximate surface area is 197 Å². The fourth-order valence-electron chi connectivity index (χ4n) is 3.76. The normalized spacial score (nSPS) is 13.0. The Morgan fingerprint density at radius 2 is 1.76 bits per heavy atom. The van der Waals surface area contributed by atoms with Crippen molar-refractivity contribution in [3.05, 3.63) is 78.4 Å². The highest BCUT2D eigenvalue weighted by Gasteiger charge is 2.19. The Bertz CT molecular complexity index is 1290.